The van der Waals surface area contributed by atoms with Crippen LogP contribution in [0.2, 0.25) is 0 Å². The zero-order valence-electron chi connectivity index (χ0n) is 12.3. The molecule has 0 spiro atoms. The first-order chi connectivity index (χ1) is 9.08. The Labute approximate surface area is 118 Å². The van der Waals surface area contributed by atoms with Crippen molar-refractivity contribution in [2.75, 3.05) is 6.54 Å². The summed E-state index contributed by atoms with van der Waals surface area (Å²) in [5.41, 5.74) is 0. The molecule has 1 N–H and O–H groups in total. The fraction of sp³-hybridized carbons (Fsp3) is 0.929. The topological polar surface area (TPSA) is 70.0 Å². The molecule has 0 aromatic rings. The maximum Gasteiger partial charge on any atom is 0.227 e. The zero-order valence-corrected chi connectivity index (χ0v) is 13.1. The number of sulfonamides is 1. The molecule has 4 nitrogen and oxygen atoms in total. The fourth-order valence-electron chi connectivity index (χ4n) is 1.92. The van der Waals surface area contributed by atoms with Gasteiger partial charge < -0.3 is 0 Å². The van der Waals surface area contributed by atoms with Gasteiger partial charge in [0.1, 0.15) is 0 Å². The molecule has 0 fully saturated rings. The molecular weight excluding hydrogens is 260 g/mol. The summed E-state index contributed by atoms with van der Waals surface area (Å²) in [6.45, 7) is 4.50. The van der Waals surface area contributed by atoms with E-state index >= 15 is 0 Å². The van der Waals surface area contributed by atoms with Crippen molar-refractivity contribution in [3.8, 4) is 6.07 Å². The van der Waals surface area contributed by atoms with Crippen LogP contribution in [0.3, 0.4) is 0 Å². The number of nitrogens with zero attached hydrogens (tertiary/aromatic N) is 1. The minimum atomic E-state index is -3.45. The van der Waals surface area contributed by atoms with Gasteiger partial charge in [0.05, 0.1) is 6.07 Å². The molecule has 0 heterocycles. The van der Waals surface area contributed by atoms with Crippen LogP contribution in [0.15, 0.2) is 0 Å². The van der Waals surface area contributed by atoms with Gasteiger partial charge in [0.15, 0.2) is 5.25 Å². The molecule has 0 aromatic heterocycles. The molecule has 0 aromatic carbocycles. The third-order valence-corrected chi connectivity index (χ3v) is 4.84. The lowest BCUT2D eigenvalue weighted by molar-refractivity contribution is 0.551. The number of nitriles is 1. The Kier molecular flexibility index (Phi) is 10.9. The Hall–Kier alpha value is -0.600. The summed E-state index contributed by atoms with van der Waals surface area (Å²) in [5.74, 6) is 0. The van der Waals surface area contributed by atoms with Crippen LogP contribution in [-0.4, -0.2) is 20.2 Å². The second kappa shape index (κ2) is 11.2. The summed E-state index contributed by atoms with van der Waals surface area (Å²) in [6.07, 6.45) is 9.15. The summed E-state index contributed by atoms with van der Waals surface area (Å²) in [6, 6.07) is 1.91. The van der Waals surface area contributed by atoms with Crippen LogP contribution in [0.4, 0.5) is 0 Å². The monoisotopic (exact) mass is 288 g/mol. The third kappa shape index (κ3) is 9.01. The van der Waals surface area contributed by atoms with Gasteiger partial charge in [-0.1, -0.05) is 58.8 Å². The lowest BCUT2D eigenvalue weighted by atomic mass is 10.1. The molecule has 0 radical (unpaired) electrons. The van der Waals surface area contributed by atoms with Gasteiger partial charge in [-0.15, -0.1) is 0 Å². The van der Waals surface area contributed by atoms with Crippen LogP contribution < -0.4 is 4.72 Å². The van der Waals surface area contributed by atoms with E-state index in [1.165, 1.54) is 25.7 Å². The standard InChI is InChI=1S/C14H28N2O2S/c1-3-5-6-7-8-9-10-11-14(13-15)19(17,18)16-12-4-2/h14,16H,3-12H2,1-2H3. The molecule has 0 aliphatic carbocycles. The normalized spacial score (nSPS) is 13.1. The zero-order chi connectivity index (χ0) is 14.6. The quantitative estimate of drug-likeness (QED) is 0.560. The fourth-order valence-corrected chi connectivity index (χ4v) is 3.23. The molecule has 5 heteroatoms. The molecule has 0 rings (SSSR count). The minimum absolute atomic E-state index is 0.414. The van der Waals surface area contributed by atoms with Crippen molar-refractivity contribution >= 4 is 10.0 Å². The van der Waals surface area contributed by atoms with Crippen molar-refractivity contribution < 1.29 is 8.42 Å². The molecule has 19 heavy (non-hydrogen) atoms. The first-order valence-electron chi connectivity index (χ1n) is 7.46. The van der Waals surface area contributed by atoms with Crippen LogP contribution in [-0.2, 0) is 10.0 Å². The van der Waals surface area contributed by atoms with E-state index in [0.717, 1.165) is 25.7 Å². The van der Waals surface area contributed by atoms with Crippen LogP contribution in [0, 0.1) is 11.3 Å². The Morgan fingerprint density at radius 2 is 1.58 bits per heavy atom. The van der Waals surface area contributed by atoms with Gasteiger partial charge in [-0.05, 0) is 12.8 Å². The van der Waals surface area contributed by atoms with Crippen molar-refractivity contribution in [2.45, 2.75) is 76.9 Å². The summed E-state index contributed by atoms with van der Waals surface area (Å²) in [4.78, 5) is 0. The van der Waals surface area contributed by atoms with E-state index in [4.69, 9.17) is 5.26 Å². The number of unbranched alkanes of at least 4 members (excludes halogenated alkanes) is 6. The smallest absolute Gasteiger partial charge is 0.214 e. The lowest BCUT2D eigenvalue weighted by Gasteiger charge is -2.11. The average molecular weight is 288 g/mol. The highest BCUT2D eigenvalue weighted by Crippen LogP contribution is 2.13. The van der Waals surface area contributed by atoms with Crippen molar-refractivity contribution in [3.63, 3.8) is 0 Å². The lowest BCUT2D eigenvalue weighted by Crippen LogP contribution is -2.34. The summed E-state index contributed by atoms with van der Waals surface area (Å²) in [5, 5.41) is 8.07. The summed E-state index contributed by atoms with van der Waals surface area (Å²) in [7, 11) is -3.45. The SMILES string of the molecule is CCCCCCCCCC(C#N)S(=O)(=O)NCCC. The Balaban J connectivity index is 3.85. The van der Waals surface area contributed by atoms with E-state index in [0.29, 0.717) is 13.0 Å². The first kappa shape index (κ1) is 18.4. The molecule has 1 unspecified atom stereocenters. The minimum Gasteiger partial charge on any atom is -0.214 e. The van der Waals surface area contributed by atoms with E-state index < -0.39 is 15.3 Å². The Bertz CT molecular complexity index is 347. The molecule has 0 saturated carbocycles. The highest BCUT2D eigenvalue weighted by atomic mass is 32.2. The van der Waals surface area contributed by atoms with E-state index in [9.17, 15) is 8.42 Å². The number of hydrogen-bond donors (Lipinski definition) is 1. The van der Waals surface area contributed by atoms with E-state index in [1.54, 1.807) is 0 Å². The van der Waals surface area contributed by atoms with Gasteiger partial charge in [-0.2, -0.15) is 5.26 Å². The van der Waals surface area contributed by atoms with Crippen LogP contribution in [0.1, 0.15) is 71.6 Å². The van der Waals surface area contributed by atoms with Gasteiger partial charge in [0.2, 0.25) is 10.0 Å². The third-order valence-electron chi connectivity index (χ3n) is 3.14. The van der Waals surface area contributed by atoms with E-state index in [-0.39, 0.29) is 0 Å². The molecule has 0 aliphatic heterocycles. The molecule has 0 aliphatic rings. The second-order valence-corrected chi connectivity index (χ2v) is 6.91. The van der Waals surface area contributed by atoms with Crippen molar-refractivity contribution in [3.05, 3.63) is 0 Å². The van der Waals surface area contributed by atoms with Gasteiger partial charge in [-0.3, -0.25) is 0 Å². The van der Waals surface area contributed by atoms with Crippen molar-refractivity contribution in [1.82, 2.24) is 4.72 Å². The first-order valence-corrected chi connectivity index (χ1v) is 9.01. The number of rotatable bonds is 12. The van der Waals surface area contributed by atoms with E-state index in [1.807, 2.05) is 13.0 Å². The molecule has 0 amide bonds. The maximum absolute atomic E-state index is 11.8. The highest BCUT2D eigenvalue weighted by molar-refractivity contribution is 7.90. The molecule has 1 atom stereocenters. The van der Waals surface area contributed by atoms with E-state index in [2.05, 4.69) is 11.6 Å². The Morgan fingerprint density at radius 3 is 2.11 bits per heavy atom. The number of nitrogens with one attached hydrogen (secondary N) is 1. The molecule has 112 valence electrons. The second-order valence-electron chi connectivity index (χ2n) is 4.97. The van der Waals surface area contributed by atoms with Gasteiger partial charge in [0, 0.05) is 6.54 Å². The van der Waals surface area contributed by atoms with Gasteiger partial charge >= 0.3 is 0 Å². The van der Waals surface area contributed by atoms with Crippen LogP contribution in [0.25, 0.3) is 0 Å². The maximum atomic E-state index is 11.8. The molecule has 0 saturated heterocycles. The van der Waals surface area contributed by atoms with Gasteiger partial charge in [-0.25, -0.2) is 13.1 Å². The van der Waals surface area contributed by atoms with Crippen LogP contribution in [0.5, 0.6) is 0 Å². The summed E-state index contributed by atoms with van der Waals surface area (Å²) < 4.78 is 26.1. The van der Waals surface area contributed by atoms with Crippen LogP contribution >= 0.6 is 0 Å². The van der Waals surface area contributed by atoms with Gasteiger partial charge in [0.25, 0.3) is 0 Å². The Morgan fingerprint density at radius 1 is 1.00 bits per heavy atom. The van der Waals surface area contributed by atoms with Crippen molar-refractivity contribution in [1.29, 1.82) is 5.26 Å². The molecule has 0 bridgehead atoms. The highest BCUT2D eigenvalue weighted by Gasteiger charge is 2.23. The van der Waals surface area contributed by atoms with Crippen molar-refractivity contribution in [2.24, 2.45) is 0 Å². The largest absolute Gasteiger partial charge is 0.227 e. The molecular formula is C14H28N2O2S. The average Bonchev–Trinajstić information content (AvgIpc) is 2.39. The predicted molar refractivity (Wildman–Crippen MR) is 79.2 cm³/mol. The predicted octanol–water partition coefficient (Wildman–Crippen LogP) is 3.35. The summed E-state index contributed by atoms with van der Waals surface area (Å²) >= 11 is 0. The number of hydrogen-bond acceptors (Lipinski definition) is 3.